The Labute approximate surface area is 183 Å². The normalized spacial score (nSPS) is 13.7. The van der Waals surface area contributed by atoms with Gasteiger partial charge in [-0.15, -0.1) is 33.2 Å². The number of unbranched alkanes of at least 4 members (excludes halogenated alkanes) is 15. The Hall–Kier alpha value is 1.09. The first kappa shape index (κ1) is 23.4. The number of hydrogen-bond donors (Lipinski definition) is 0. The molecule has 0 radical (unpaired) electrons. The van der Waals surface area contributed by atoms with Crippen LogP contribution in [-0.2, 0) is 0 Å². The summed E-state index contributed by atoms with van der Waals surface area (Å²) < 4.78 is 16.4. The van der Waals surface area contributed by atoms with Crippen molar-refractivity contribution >= 4 is 39.2 Å². The van der Waals surface area contributed by atoms with E-state index < -0.39 is 12.4 Å². The van der Waals surface area contributed by atoms with E-state index in [1.54, 1.807) is 0 Å². The third kappa shape index (κ3) is 25.1. The van der Waals surface area contributed by atoms with E-state index in [1.807, 2.05) is 0 Å². The van der Waals surface area contributed by atoms with Crippen LogP contribution in [0, 0.1) is 0 Å². The summed E-state index contributed by atoms with van der Waals surface area (Å²) in [5, 5.41) is 0. The molecule has 0 bridgehead atoms. The highest BCUT2D eigenvalue weighted by atomic mass is 35.8. The smallest absolute Gasteiger partial charge is 0.126 e. The lowest BCUT2D eigenvalue weighted by Crippen LogP contribution is -2.07. The summed E-state index contributed by atoms with van der Waals surface area (Å²) in [6, 6.07) is -1.61. The molecule has 0 saturated heterocycles. The van der Waals surface area contributed by atoms with Gasteiger partial charge in [-0.3, -0.25) is 0 Å². The predicted molar refractivity (Wildman–Crippen MR) is 126 cm³/mol. The minimum absolute atomic E-state index is 0.740. The lowest BCUT2D eigenvalue weighted by Gasteiger charge is -2.07. The minimum atomic E-state index is -2.40. The summed E-state index contributed by atoms with van der Waals surface area (Å²) in [6.07, 6.45) is 21.6. The van der Waals surface area contributed by atoms with Crippen LogP contribution in [0.5, 0.6) is 0 Å². The van der Waals surface area contributed by atoms with E-state index >= 15 is 0 Å². The summed E-state index contributed by atoms with van der Waals surface area (Å²) in [7, 11) is 0. The third-order valence-corrected chi connectivity index (χ3v) is 7.64. The monoisotopic (exact) mass is 444 g/mol. The van der Waals surface area contributed by atoms with E-state index in [0.717, 1.165) is 38.1 Å². The van der Waals surface area contributed by atoms with Crippen molar-refractivity contribution in [2.24, 2.45) is 0 Å². The maximum absolute atomic E-state index is 8.19. The third-order valence-electron chi connectivity index (χ3n) is 5.02. The zero-order chi connectivity index (χ0) is 21.1. The molecule has 0 atom stereocenters. The number of hydrogen-bond acceptors (Lipinski definition) is 0. The first-order valence-corrected chi connectivity index (χ1v) is 16.6. The van der Waals surface area contributed by atoms with Crippen LogP contribution in [0.25, 0.3) is 0 Å². The van der Waals surface area contributed by atoms with E-state index in [1.165, 1.54) is 89.9 Å². The zero-order valence-corrected chi connectivity index (χ0v) is 20.5. The molecule has 0 unspecified atom stereocenters. The molecule has 0 spiro atoms. The molecule has 0 nitrogen and oxygen atoms in total. The van der Waals surface area contributed by atoms with Gasteiger partial charge in [0.05, 0.1) is 0 Å². The van der Waals surface area contributed by atoms with Crippen molar-refractivity contribution in [3.05, 3.63) is 0 Å². The van der Waals surface area contributed by atoms with E-state index in [4.69, 9.17) is 36.0 Å². The molecule has 26 heavy (non-hydrogen) atoms. The molecule has 158 valence electrons. The van der Waals surface area contributed by atoms with Crippen molar-refractivity contribution in [3.8, 4) is 0 Å². The van der Waals surface area contributed by atoms with Gasteiger partial charge in [-0.25, -0.2) is 0 Å². The maximum Gasteiger partial charge on any atom is 0.341 e. The summed E-state index contributed by atoms with van der Waals surface area (Å²) in [5.74, 6) is 0. The van der Waals surface area contributed by atoms with Gasteiger partial charge >= 0.3 is 6.00 Å². The first-order chi connectivity index (χ1) is 13.3. The van der Waals surface area contributed by atoms with E-state index in [0.29, 0.717) is 0 Å². The van der Waals surface area contributed by atoms with Gasteiger partial charge < -0.3 is 0 Å². The van der Waals surface area contributed by atoms with Gasteiger partial charge in [0.15, 0.2) is 0 Å². The molecule has 0 fully saturated rings. The highest BCUT2D eigenvalue weighted by Crippen LogP contribution is 2.27. The van der Waals surface area contributed by atoms with E-state index in [-0.39, 0.29) is 0 Å². The minimum Gasteiger partial charge on any atom is -0.126 e. The Morgan fingerprint density at radius 1 is 0.500 bits per heavy atom. The fourth-order valence-corrected chi connectivity index (χ4v) is 5.18. The summed E-state index contributed by atoms with van der Waals surface area (Å²) in [4.78, 5) is 0. The largest absolute Gasteiger partial charge is 0.341 e. The van der Waals surface area contributed by atoms with Crippen LogP contribution in [0.15, 0.2) is 0 Å². The van der Waals surface area contributed by atoms with E-state index in [2.05, 4.69) is 6.92 Å². The molecular weight excluding hydrogens is 399 g/mol. The Morgan fingerprint density at radius 3 is 1.15 bits per heavy atom. The lowest BCUT2D eigenvalue weighted by atomic mass is 10.0. The summed E-state index contributed by atoms with van der Waals surface area (Å²) in [6.45, 7) is 2.25. The second-order valence-corrected chi connectivity index (χ2v) is 17.1. The molecule has 0 aliphatic carbocycles. The van der Waals surface area contributed by atoms with Crippen molar-refractivity contribution in [3.63, 3.8) is 0 Å². The molecule has 0 rings (SSSR count). The molecule has 0 aliphatic rings. The average molecular weight is 446 g/mol. The molecule has 0 aromatic rings. The average Bonchev–Trinajstić information content (AvgIpc) is 2.61. The molecule has 0 amide bonds. The molecule has 0 aromatic carbocycles. The second-order valence-electron chi connectivity index (χ2n) is 7.77. The standard InChI is InChI=1S/C22H45Cl3Si/c1-2-3-4-5-6-7-8-9-10-11-12-13-14-15-16-17-18-19-20-21-22-26(23,24)25/h2-22H2,1H3/i11D2. The molecular formula is C22H45Cl3Si. The van der Waals surface area contributed by atoms with Crippen LogP contribution in [-0.4, -0.2) is 6.00 Å². The fraction of sp³-hybridized carbons (Fsp3) is 1.00. The van der Waals surface area contributed by atoms with Gasteiger partial charge in [-0.2, -0.15) is 0 Å². The second kappa shape index (κ2) is 20.8. The SMILES string of the molecule is [2H]C([2H])(CCCCCCCCCC)CCCCCCCCCCC[Si](Cl)(Cl)Cl. The first-order valence-electron chi connectivity index (χ1n) is 12.3. The van der Waals surface area contributed by atoms with Crippen LogP contribution in [0.4, 0.5) is 0 Å². The Morgan fingerprint density at radius 2 is 0.808 bits per heavy atom. The van der Waals surface area contributed by atoms with Crippen LogP contribution in [0.2, 0.25) is 6.04 Å². The van der Waals surface area contributed by atoms with Crippen molar-refractivity contribution in [2.75, 3.05) is 0 Å². The van der Waals surface area contributed by atoms with Gasteiger partial charge in [0.1, 0.15) is 0 Å². The lowest BCUT2D eigenvalue weighted by molar-refractivity contribution is 0.523. The van der Waals surface area contributed by atoms with Crippen molar-refractivity contribution in [1.82, 2.24) is 0 Å². The quantitative estimate of drug-likeness (QED) is 0.0935. The van der Waals surface area contributed by atoms with Gasteiger partial charge in [-0.05, 0) is 6.04 Å². The van der Waals surface area contributed by atoms with Crippen molar-refractivity contribution < 1.29 is 2.74 Å². The molecule has 0 saturated carbocycles. The van der Waals surface area contributed by atoms with Gasteiger partial charge in [0, 0.05) is 2.74 Å². The van der Waals surface area contributed by atoms with Crippen molar-refractivity contribution in [2.45, 2.75) is 141 Å². The maximum atomic E-state index is 8.19. The summed E-state index contributed by atoms with van der Waals surface area (Å²) >= 11 is 17.6. The Kier molecular flexibility index (Phi) is 18.7. The highest BCUT2D eigenvalue weighted by Gasteiger charge is 2.23. The Bertz CT molecular complexity index is 336. The van der Waals surface area contributed by atoms with Crippen molar-refractivity contribution in [1.29, 1.82) is 0 Å². The summed E-state index contributed by atoms with van der Waals surface area (Å²) in [5.41, 5.74) is 0. The van der Waals surface area contributed by atoms with Gasteiger partial charge in [0.25, 0.3) is 0 Å². The van der Waals surface area contributed by atoms with Gasteiger partial charge in [-0.1, -0.05) is 135 Å². The fourth-order valence-electron chi connectivity index (χ4n) is 3.32. The predicted octanol–water partition coefficient (Wildman–Crippen LogP) is 10.5. The van der Waals surface area contributed by atoms with Crippen LogP contribution in [0.1, 0.15) is 138 Å². The molecule has 4 heteroatoms. The highest BCUT2D eigenvalue weighted by molar-refractivity contribution is 7.64. The molecule has 0 aliphatic heterocycles. The zero-order valence-electron chi connectivity index (χ0n) is 19.3. The Balaban J connectivity index is 3.35. The number of rotatable bonds is 21. The van der Waals surface area contributed by atoms with Gasteiger partial charge in [0.2, 0.25) is 0 Å². The van der Waals surface area contributed by atoms with E-state index in [9.17, 15) is 0 Å². The molecule has 0 aromatic heterocycles. The molecule has 0 N–H and O–H groups in total. The van der Waals surface area contributed by atoms with Crippen LogP contribution in [0.3, 0.4) is 0 Å². The topological polar surface area (TPSA) is 0 Å². The van der Waals surface area contributed by atoms with Crippen LogP contribution >= 0.6 is 33.2 Å². The number of halogens is 3. The molecule has 0 heterocycles. The van der Waals surface area contributed by atoms with Crippen LogP contribution < -0.4 is 0 Å².